The van der Waals surface area contributed by atoms with Gasteiger partial charge in [-0.15, -0.1) is 0 Å². The number of hydrogen-bond acceptors (Lipinski definition) is 4. The van der Waals surface area contributed by atoms with Gasteiger partial charge in [-0.2, -0.15) is 0 Å². The zero-order valence-corrected chi connectivity index (χ0v) is 10.4. The van der Waals surface area contributed by atoms with Crippen molar-refractivity contribution in [2.75, 3.05) is 6.61 Å². The molecule has 0 aromatic rings. The van der Waals surface area contributed by atoms with E-state index in [1.54, 1.807) is 13.0 Å². The standard InChI is InChI=1S/C10H12O4Se/c1-2-14-10(13)8(12)6-7(11)9-4-3-5-15-9/h3-5H,2,6,15H2,1H3. The molecule has 0 atom stereocenters. The molecule has 4 nitrogen and oxygen atoms in total. The van der Waals surface area contributed by atoms with Gasteiger partial charge in [0.1, 0.15) is 0 Å². The molecule has 0 saturated carbocycles. The summed E-state index contributed by atoms with van der Waals surface area (Å²) in [5, 5.41) is 0. The zero-order valence-electron chi connectivity index (χ0n) is 8.28. The van der Waals surface area contributed by atoms with Gasteiger partial charge in [0.25, 0.3) is 0 Å². The van der Waals surface area contributed by atoms with E-state index in [9.17, 15) is 14.4 Å². The number of esters is 1. The number of ketones is 2. The van der Waals surface area contributed by atoms with Crippen LogP contribution in [-0.2, 0) is 19.1 Å². The van der Waals surface area contributed by atoms with Crippen molar-refractivity contribution in [1.82, 2.24) is 0 Å². The van der Waals surface area contributed by atoms with Crippen LogP contribution in [0.5, 0.6) is 0 Å². The molecule has 1 aliphatic rings. The van der Waals surface area contributed by atoms with Gasteiger partial charge >= 0.3 is 93.2 Å². The summed E-state index contributed by atoms with van der Waals surface area (Å²) < 4.78 is 5.19. The Kier molecular flexibility index (Phi) is 4.46. The van der Waals surface area contributed by atoms with Crippen molar-refractivity contribution < 1.29 is 19.1 Å². The molecule has 0 unspecified atom stereocenters. The Bertz CT molecular complexity index is 354. The van der Waals surface area contributed by atoms with Gasteiger partial charge in [0.2, 0.25) is 0 Å². The SMILES string of the molecule is CCOC(=O)C(=O)CC(=O)C1=CC=C[SeH2]1. The predicted molar refractivity (Wildman–Crippen MR) is 57.0 cm³/mol. The zero-order chi connectivity index (χ0) is 11.3. The fourth-order valence-electron chi connectivity index (χ4n) is 1.03. The first-order valence-electron chi connectivity index (χ1n) is 4.51. The van der Waals surface area contributed by atoms with E-state index >= 15 is 0 Å². The molecular formula is C10H12O4Se. The summed E-state index contributed by atoms with van der Waals surface area (Å²) in [5.74, 6) is -1.93. The maximum absolute atomic E-state index is 11.5. The molecular weight excluding hydrogens is 263 g/mol. The second-order valence-electron chi connectivity index (χ2n) is 2.83. The third kappa shape index (κ3) is 3.46. The Morgan fingerprint density at radius 3 is 2.67 bits per heavy atom. The molecule has 1 rings (SSSR count). The Morgan fingerprint density at radius 1 is 1.40 bits per heavy atom. The molecule has 0 N–H and O–H groups in total. The van der Waals surface area contributed by atoms with Gasteiger partial charge in [-0.05, 0) is 0 Å². The molecule has 0 bridgehead atoms. The van der Waals surface area contributed by atoms with E-state index in [0.717, 1.165) is 0 Å². The van der Waals surface area contributed by atoms with Gasteiger partial charge in [-0.1, -0.05) is 0 Å². The van der Waals surface area contributed by atoms with Crippen molar-refractivity contribution in [3.63, 3.8) is 0 Å². The van der Waals surface area contributed by atoms with Gasteiger partial charge in [0.05, 0.1) is 0 Å². The number of carbonyl (C=O) groups excluding carboxylic acids is 3. The van der Waals surface area contributed by atoms with E-state index < -0.39 is 26.7 Å². The van der Waals surface area contributed by atoms with Gasteiger partial charge in [0, 0.05) is 0 Å². The molecule has 0 fully saturated rings. The van der Waals surface area contributed by atoms with Gasteiger partial charge in [0.15, 0.2) is 0 Å². The summed E-state index contributed by atoms with van der Waals surface area (Å²) in [4.78, 5) is 35.5. The molecule has 0 amide bonds. The van der Waals surface area contributed by atoms with Crippen LogP contribution >= 0.6 is 0 Å². The summed E-state index contributed by atoms with van der Waals surface area (Å²) in [7, 11) is 0. The first-order valence-corrected chi connectivity index (χ1v) is 6.77. The number of allylic oxidation sites excluding steroid dienone is 3. The van der Waals surface area contributed by atoms with Gasteiger partial charge < -0.3 is 0 Å². The van der Waals surface area contributed by atoms with Crippen LogP contribution in [-0.4, -0.2) is 39.1 Å². The Morgan fingerprint density at radius 2 is 2.13 bits per heavy atom. The maximum atomic E-state index is 11.5. The molecule has 1 aliphatic heterocycles. The van der Waals surface area contributed by atoms with Crippen LogP contribution in [0.3, 0.4) is 0 Å². The fraction of sp³-hybridized carbons (Fsp3) is 0.300. The first-order chi connectivity index (χ1) is 7.15. The molecule has 0 aromatic heterocycles. The van der Waals surface area contributed by atoms with Crippen molar-refractivity contribution in [3.8, 4) is 0 Å². The van der Waals surface area contributed by atoms with Crippen LogP contribution in [0, 0.1) is 0 Å². The van der Waals surface area contributed by atoms with E-state index in [-0.39, 0.29) is 18.8 Å². The third-order valence-electron chi connectivity index (χ3n) is 1.72. The molecule has 0 radical (unpaired) electrons. The van der Waals surface area contributed by atoms with E-state index in [4.69, 9.17) is 0 Å². The van der Waals surface area contributed by atoms with Crippen molar-refractivity contribution >= 4 is 32.5 Å². The molecule has 1 heterocycles. The van der Waals surface area contributed by atoms with Crippen LogP contribution in [0.1, 0.15) is 13.3 Å². The van der Waals surface area contributed by atoms with Crippen molar-refractivity contribution in [2.24, 2.45) is 0 Å². The van der Waals surface area contributed by atoms with Gasteiger partial charge in [-0.3, -0.25) is 0 Å². The molecule has 0 spiro atoms. The van der Waals surface area contributed by atoms with Crippen molar-refractivity contribution in [1.29, 1.82) is 0 Å². The molecule has 5 heteroatoms. The van der Waals surface area contributed by atoms with Crippen LogP contribution in [0.4, 0.5) is 0 Å². The topological polar surface area (TPSA) is 60.4 Å². The Labute approximate surface area is 93.5 Å². The average molecular weight is 275 g/mol. The summed E-state index contributed by atoms with van der Waals surface area (Å²) in [6, 6.07) is 0. The second kappa shape index (κ2) is 5.63. The summed E-state index contributed by atoms with van der Waals surface area (Å²) in [6.45, 7) is 1.76. The molecule has 0 saturated heterocycles. The summed E-state index contributed by atoms with van der Waals surface area (Å²) in [5.41, 5.74) is 0. The predicted octanol–water partition coefficient (Wildman–Crippen LogP) is -0.342. The van der Waals surface area contributed by atoms with E-state index in [2.05, 4.69) is 4.74 Å². The number of Topliss-reactive ketones (excluding diaryl/α,β-unsaturated/α-hetero) is 2. The van der Waals surface area contributed by atoms with E-state index in [0.29, 0.717) is 4.47 Å². The second-order valence-corrected chi connectivity index (χ2v) is 5.26. The van der Waals surface area contributed by atoms with Crippen LogP contribution in [0.2, 0.25) is 0 Å². The monoisotopic (exact) mass is 276 g/mol. The number of hydrogen-bond donors (Lipinski definition) is 0. The summed E-state index contributed by atoms with van der Waals surface area (Å²) in [6.07, 6.45) is 3.15. The van der Waals surface area contributed by atoms with E-state index in [1.807, 2.05) is 11.1 Å². The average Bonchev–Trinajstić information content (AvgIpc) is 2.70. The quantitative estimate of drug-likeness (QED) is 0.298. The van der Waals surface area contributed by atoms with Crippen molar-refractivity contribution in [2.45, 2.75) is 13.3 Å². The minimum atomic E-state index is -0.919. The van der Waals surface area contributed by atoms with Crippen molar-refractivity contribution in [3.05, 3.63) is 21.6 Å². The number of ether oxygens (including phenoxy) is 1. The number of rotatable bonds is 5. The summed E-state index contributed by atoms with van der Waals surface area (Å²) >= 11 is -0.525. The molecule has 0 aromatic carbocycles. The third-order valence-corrected chi connectivity index (χ3v) is 4.06. The minimum absolute atomic E-state index is 0.150. The van der Waals surface area contributed by atoms with Crippen LogP contribution in [0.15, 0.2) is 21.6 Å². The van der Waals surface area contributed by atoms with Crippen LogP contribution in [0.25, 0.3) is 0 Å². The molecule has 82 valence electrons. The number of carbonyl (C=O) groups is 3. The fourth-order valence-corrected chi connectivity index (χ4v) is 2.74. The van der Waals surface area contributed by atoms with E-state index in [1.165, 1.54) is 0 Å². The first kappa shape index (κ1) is 11.9. The normalized spacial score (nSPS) is 16.2. The van der Waals surface area contributed by atoms with Crippen LogP contribution < -0.4 is 0 Å². The van der Waals surface area contributed by atoms with Gasteiger partial charge in [-0.25, -0.2) is 0 Å². The Balaban J connectivity index is 2.44. The Hall–Kier alpha value is -1.19. The molecule has 0 aliphatic carbocycles. The molecule has 15 heavy (non-hydrogen) atoms.